The van der Waals surface area contributed by atoms with Crippen molar-refractivity contribution in [1.29, 1.82) is 0 Å². The molecule has 4 rings (SSSR count). The van der Waals surface area contributed by atoms with E-state index in [0.29, 0.717) is 18.0 Å². The Bertz CT molecular complexity index is 1750. The number of benzene rings is 4. The van der Waals surface area contributed by atoms with Crippen LogP contribution in [0.25, 0.3) is 0 Å². The molecule has 0 spiro atoms. The number of anilines is 1. The number of carbonyl (C=O) groups is 2. The second-order valence-electron chi connectivity index (χ2n) is 12.6. The second-order valence-corrected chi connectivity index (χ2v) is 14.5. The lowest BCUT2D eigenvalue weighted by Crippen LogP contribution is -2.56. The molecule has 0 aliphatic carbocycles. The lowest BCUT2D eigenvalue weighted by Gasteiger charge is -2.35. The number of carbonyl (C=O) groups excluding carboxylic acids is 2. The van der Waals surface area contributed by atoms with Gasteiger partial charge in [-0.25, -0.2) is 8.42 Å². The molecule has 0 aliphatic rings. The number of hydrogen-bond donors (Lipinski definition) is 1. The molecule has 4 aromatic carbocycles. The number of sulfonamides is 1. The summed E-state index contributed by atoms with van der Waals surface area (Å²) in [6.45, 7) is 11.4. The lowest BCUT2D eigenvalue weighted by atomic mass is 10.00. The van der Waals surface area contributed by atoms with Gasteiger partial charge < -0.3 is 15.0 Å². The molecule has 248 valence electrons. The van der Waals surface area contributed by atoms with Crippen LogP contribution in [0, 0.1) is 13.8 Å². The van der Waals surface area contributed by atoms with E-state index in [-0.39, 0.29) is 23.8 Å². The minimum Gasteiger partial charge on any atom is -0.494 e. The predicted molar refractivity (Wildman–Crippen MR) is 187 cm³/mol. The Morgan fingerprint density at radius 1 is 0.830 bits per heavy atom. The first-order valence-electron chi connectivity index (χ1n) is 15.8. The van der Waals surface area contributed by atoms with Gasteiger partial charge in [-0.15, -0.1) is 0 Å². The number of aryl methyl sites for hydroxylation is 2. The molecule has 0 aliphatic heterocycles. The molecule has 2 amide bonds. The van der Waals surface area contributed by atoms with Crippen molar-refractivity contribution in [2.75, 3.05) is 17.5 Å². The van der Waals surface area contributed by atoms with Crippen molar-refractivity contribution in [1.82, 2.24) is 10.2 Å². The van der Waals surface area contributed by atoms with Gasteiger partial charge in [-0.05, 0) is 94.6 Å². The lowest BCUT2D eigenvalue weighted by molar-refractivity contribution is -0.140. The minimum absolute atomic E-state index is 0.0570. The molecule has 0 saturated carbocycles. The van der Waals surface area contributed by atoms with Crippen molar-refractivity contribution in [2.45, 2.75) is 71.0 Å². The summed E-state index contributed by atoms with van der Waals surface area (Å²) < 4.78 is 35.2. The highest BCUT2D eigenvalue weighted by Crippen LogP contribution is 2.27. The van der Waals surface area contributed by atoms with E-state index in [1.165, 1.54) is 17.0 Å². The zero-order chi connectivity index (χ0) is 34.2. The zero-order valence-corrected chi connectivity index (χ0v) is 28.9. The normalized spacial score (nSPS) is 12.2. The third kappa shape index (κ3) is 9.45. The smallest absolute Gasteiger partial charge is 0.264 e. The Labute approximate surface area is 279 Å². The first kappa shape index (κ1) is 35.2. The number of amides is 2. The topological polar surface area (TPSA) is 96.0 Å². The van der Waals surface area contributed by atoms with Crippen LogP contribution in [0.3, 0.4) is 0 Å². The molecule has 0 heterocycles. The van der Waals surface area contributed by atoms with E-state index >= 15 is 0 Å². The van der Waals surface area contributed by atoms with Crippen LogP contribution in [0.2, 0.25) is 0 Å². The molecule has 0 unspecified atom stereocenters. The van der Waals surface area contributed by atoms with Gasteiger partial charge in [0.05, 0.1) is 17.2 Å². The van der Waals surface area contributed by atoms with Crippen molar-refractivity contribution >= 4 is 27.5 Å². The summed E-state index contributed by atoms with van der Waals surface area (Å²) in [5, 5.41) is 3.06. The third-order valence-corrected chi connectivity index (χ3v) is 9.48. The molecule has 9 heteroatoms. The van der Waals surface area contributed by atoms with Gasteiger partial charge in [-0.1, -0.05) is 72.3 Å². The SMILES string of the molecule is CCOc1ccc(N(CC(=O)N(Cc2ccccc2C)[C@@H](Cc2ccccc2)C(=O)NC(C)(C)C)S(=O)(=O)c2ccc(C)cc2)cc1. The first-order chi connectivity index (χ1) is 22.3. The average Bonchev–Trinajstić information content (AvgIpc) is 3.02. The minimum atomic E-state index is -4.19. The highest BCUT2D eigenvalue weighted by atomic mass is 32.2. The summed E-state index contributed by atoms with van der Waals surface area (Å²) in [5.41, 5.74) is 3.33. The fourth-order valence-corrected chi connectivity index (χ4v) is 6.63. The van der Waals surface area contributed by atoms with Gasteiger partial charge in [0.15, 0.2) is 0 Å². The summed E-state index contributed by atoms with van der Waals surface area (Å²) >= 11 is 0. The maximum absolute atomic E-state index is 14.7. The van der Waals surface area contributed by atoms with Gasteiger partial charge in [-0.2, -0.15) is 0 Å². The van der Waals surface area contributed by atoms with Gasteiger partial charge in [0.2, 0.25) is 11.8 Å². The summed E-state index contributed by atoms with van der Waals surface area (Å²) in [4.78, 5) is 30.3. The first-order valence-corrected chi connectivity index (χ1v) is 17.2. The zero-order valence-electron chi connectivity index (χ0n) is 28.1. The van der Waals surface area contributed by atoms with E-state index in [9.17, 15) is 18.0 Å². The van der Waals surface area contributed by atoms with E-state index < -0.39 is 34.1 Å². The van der Waals surface area contributed by atoms with Crippen LogP contribution < -0.4 is 14.4 Å². The second kappa shape index (κ2) is 15.3. The summed E-state index contributed by atoms with van der Waals surface area (Å²) in [6.07, 6.45) is 0.244. The van der Waals surface area contributed by atoms with E-state index in [2.05, 4.69) is 5.32 Å². The van der Waals surface area contributed by atoms with Crippen molar-refractivity contribution in [3.05, 3.63) is 125 Å². The van der Waals surface area contributed by atoms with E-state index in [1.54, 1.807) is 36.4 Å². The molecule has 4 aromatic rings. The van der Waals surface area contributed by atoms with E-state index in [0.717, 1.165) is 26.6 Å². The van der Waals surface area contributed by atoms with Crippen LogP contribution in [0.1, 0.15) is 49.9 Å². The molecule has 0 saturated heterocycles. The molecule has 0 bridgehead atoms. The Balaban J connectivity index is 1.82. The number of hydrogen-bond acceptors (Lipinski definition) is 5. The van der Waals surface area contributed by atoms with Crippen LogP contribution in [0.5, 0.6) is 5.75 Å². The van der Waals surface area contributed by atoms with E-state index in [1.807, 2.05) is 96.1 Å². The highest BCUT2D eigenvalue weighted by Gasteiger charge is 2.35. The van der Waals surface area contributed by atoms with Gasteiger partial charge in [0.1, 0.15) is 18.3 Å². The van der Waals surface area contributed by atoms with Gasteiger partial charge in [0, 0.05) is 18.5 Å². The fraction of sp³-hybridized carbons (Fsp3) is 0.316. The van der Waals surface area contributed by atoms with E-state index in [4.69, 9.17) is 4.74 Å². The molecule has 8 nitrogen and oxygen atoms in total. The van der Waals surface area contributed by atoms with Crippen LogP contribution in [-0.4, -0.2) is 49.9 Å². The summed E-state index contributed by atoms with van der Waals surface area (Å²) in [6, 6.07) is 29.4. The molecule has 0 fully saturated rings. The molecule has 0 aromatic heterocycles. The van der Waals surface area contributed by atoms with Crippen molar-refractivity contribution in [2.24, 2.45) is 0 Å². The number of ether oxygens (including phenoxy) is 1. The molecule has 0 radical (unpaired) electrons. The average molecular weight is 656 g/mol. The van der Waals surface area contributed by atoms with Crippen LogP contribution in [0.4, 0.5) is 5.69 Å². The van der Waals surface area contributed by atoms with Crippen LogP contribution in [0.15, 0.2) is 108 Å². The molecular formula is C38H45N3O5S. The maximum Gasteiger partial charge on any atom is 0.264 e. The predicted octanol–water partition coefficient (Wildman–Crippen LogP) is 6.45. The van der Waals surface area contributed by atoms with Gasteiger partial charge in [-0.3, -0.25) is 13.9 Å². The molecular weight excluding hydrogens is 611 g/mol. The quantitative estimate of drug-likeness (QED) is 0.179. The Kier molecular flexibility index (Phi) is 11.5. The van der Waals surface area contributed by atoms with Crippen molar-refractivity contribution in [3.63, 3.8) is 0 Å². The molecule has 1 atom stereocenters. The largest absolute Gasteiger partial charge is 0.494 e. The Morgan fingerprint density at radius 2 is 1.45 bits per heavy atom. The number of nitrogens with one attached hydrogen (secondary N) is 1. The molecule has 47 heavy (non-hydrogen) atoms. The maximum atomic E-state index is 14.7. The standard InChI is InChI=1S/C38H45N3O5S/c1-7-46-33-21-19-32(20-22-33)41(47(44,45)34-23-17-28(2)18-24-34)27-36(42)40(26-31-16-12-11-13-29(31)3)35(37(43)39-38(4,5)6)25-30-14-9-8-10-15-30/h8-24,35H,7,25-27H2,1-6H3,(H,39,43)/t35-/m0/s1. The monoisotopic (exact) mass is 655 g/mol. The van der Waals surface area contributed by atoms with Crippen molar-refractivity contribution in [3.8, 4) is 5.75 Å². The van der Waals surface area contributed by atoms with Crippen LogP contribution >= 0.6 is 0 Å². The summed E-state index contributed by atoms with van der Waals surface area (Å²) in [5.74, 6) is -0.252. The number of nitrogens with zero attached hydrogens (tertiary/aromatic N) is 2. The van der Waals surface area contributed by atoms with Crippen LogP contribution in [-0.2, 0) is 32.6 Å². The highest BCUT2D eigenvalue weighted by molar-refractivity contribution is 7.92. The summed E-state index contributed by atoms with van der Waals surface area (Å²) in [7, 11) is -4.19. The van der Waals surface area contributed by atoms with Crippen molar-refractivity contribution < 1.29 is 22.7 Å². The van der Waals surface area contributed by atoms with Gasteiger partial charge in [0.25, 0.3) is 10.0 Å². The number of rotatable bonds is 13. The fourth-order valence-electron chi connectivity index (χ4n) is 5.22. The third-order valence-electron chi connectivity index (χ3n) is 7.69. The Hall–Kier alpha value is -4.63. The molecule has 1 N–H and O–H groups in total. The van der Waals surface area contributed by atoms with Gasteiger partial charge >= 0.3 is 0 Å². The Morgan fingerprint density at radius 3 is 2.04 bits per heavy atom.